The minimum absolute atomic E-state index is 0.234. The standard InChI is InChI=1S/C17H19N3O3/c21-17(20-12-14-4-1-2-7-18-14)19-11-13-5-6-15-16(10-13)23-9-3-8-22-15/h1-2,4-7,10H,3,8-9,11-12H2,(H2,19,20,21). The van der Waals surface area contributed by atoms with Crippen molar-refractivity contribution >= 4 is 6.03 Å². The molecule has 0 unspecified atom stereocenters. The van der Waals surface area contributed by atoms with Crippen molar-refractivity contribution in [1.82, 2.24) is 15.6 Å². The zero-order valence-electron chi connectivity index (χ0n) is 12.7. The molecule has 0 fully saturated rings. The zero-order chi connectivity index (χ0) is 15.9. The van der Waals surface area contributed by atoms with E-state index in [1.54, 1.807) is 6.20 Å². The molecule has 0 saturated heterocycles. The fraction of sp³-hybridized carbons (Fsp3) is 0.294. The maximum absolute atomic E-state index is 11.8. The lowest BCUT2D eigenvalue weighted by atomic mass is 10.2. The van der Waals surface area contributed by atoms with Crippen LogP contribution in [0, 0.1) is 0 Å². The molecule has 6 heteroatoms. The number of ether oxygens (including phenoxy) is 2. The van der Waals surface area contributed by atoms with Gasteiger partial charge in [0.15, 0.2) is 11.5 Å². The van der Waals surface area contributed by atoms with Crippen molar-refractivity contribution in [2.75, 3.05) is 13.2 Å². The lowest BCUT2D eigenvalue weighted by molar-refractivity contribution is 0.240. The van der Waals surface area contributed by atoms with E-state index in [9.17, 15) is 4.79 Å². The molecule has 0 saturated carbocycles. The van der Waals surface area contributed by atoms with Crippen LogP contribution in [0.15, 0.2) is 42.6 Å². The number of rotatable bonds is 4. The van der Waals surface area contributed by atoms with Crippen molar-refractivity contribution in [2.45, 2.75) is 19.5 Å². The molecule has 0 bridgehead atoms. The van der Waals surface area contributed by atoms with Crippen molar-refractivity contribution in [3.05, 3.63) is 53.9 Å². The summed E-state index contributed by atoms with van der Waals surface area (Å²) in [5, 5.41) is 5.59. The molecule has 23 heavy (non-hydrogen) atoms. The molecular formula is C17H19N3O3. The summed E-state index contributed by atoms with van der Waals surface area (Å²) in [6, 6.07) is 11.1. The smallest absolute Gasteiger partial charge is 0.315 e. The largest absolute Gasteiger partial charge is 0.490 e. The number of hydrogen-bond donors (Lipinski definition) is 2. The SMILES string of the molecule is O=C(NCc1ccc2c(c1)OCCCO2)NCc1ccccn1. The maximum Gasteiger partial charge on any atom is 0.315 e. The molecule has 0 atom stereocenters. The van der Waals surface area contributed by atoms with Gasteiger partial charge in [0.1, 0.15) is 0 Å². The quantitative estimate of drug-likeness (QED) is 0.908. The van der Waals surface area contributed by atoms with Crippen molar-refractivity contribution < 1.29 is 14.3 Å². The van der Waals surface area contributed by atoms with Gasteiger partial charge in [0.05, 0.1) is 25.5 Å². The van der Waals surface area contributed by atoms with Crippen LogP contribution in [0.5, 0.6) is 11.5 Å². The van der Waals surface area contributed by atoms with Gasteiger partial charge in [-0.2, -0.15) is 0 Å². The summed E-state index contributed by atoms with van der Waals surface area (Å²) >= 11 is 0. The van der Waals surface area contributed by atoms with Gasteiger partial charge < -0.3 is 20.1 Å². The van der Waals surface area contributed by atoms with E-state index in [0.717, 1.165) is 29.2 Å². The lowest BCUT2D eigenvalue weighted by Crippen LogP contribution is -2.34. The van der Waals surface area contributed by atoms with Gasteiger partial charge in [0.2, 0.25) is 0 Å². The number of hydrogen-bond acceptors (Lipinski definition) is 4. The van der Waals surface area contributed by atoms with Gasteiger partial charge in [-0.15, -0.1) is 0 Å². The zero-order valence-corrected chi connectivity index (χ0v) is 12.7. The number of urea groups is 1. The highest BCUT2D eigenvalue weighted by Gasteiger charge is 2.11. The summed E-state index contributed by atoms with van der Waals surface area (Å²) in [4.78, 5) is 16.0. The number of aromatic nitrogens is 1. The minimum Gasteiger partial charge on any atom is -0.490 e. The molecule has 0 radical (unpaired) electrons. The van der Waals surface area contributed by atoms with Crippen LogP contribution in [0.3, 0.4) is 0 Å². The number of benzene rings is 1. The van der Waals surface area contributed by atoms with Crippen LogP contribution in [0.1, 0.15) is 17.7 Å². The van der Waals surface area contributed by atoms with Crippen LogP contribution in [-0.4, -0.2) is 24.2 Å². The van der Waals surface area contributed by atoms with Crippen LogP contribution in [0.2, 0.25) is 0 Å². The second kappa shape index (κ2) is 7.49. The highest BCUT2D eigenvalue weighted by molar-refractivity contribution is 5.73. The third-order valence-electron chi connectivity index (χ3n) is 3.42. The summed E-state index contributed by atoms with van der Waals surface area (Å²) in [5.41, 5.74) is 1.78. The second-order valence-electron chi connectivity index (χ2n) is 5.19. The molecule has 1 aliphatic heterocycles. The van der Waals surface area contributed by atoms with E-state index in [2.05, 4.69) is 15.6 Å². The molecule has 2 aromatic rings. The average molecular weight is 313 g/mol. The Bertz CT molecular complexity index is 661. The normalized spacial score (nSPS) is 13.0. The molecule has 1 aromatic heterocycles. The first-order valence-electron chi connectivity index (χ1n) is 7.61. The van der Waals surface area contributed by atoms with Gasteiger partial charge in [-0.25, -0.2) is 4.79 Å². The summed E-state index contributed by atoms with van der Waals surface area (Å²) in [6.45, 7) is 2.13. The van der Waals surface area contributed by atoms with E-state index in [1.165, 1.54) is 0 Å². The van der Waals surface area contributed by atoms with Gasteiger partial charge >= 0.3 is 6.03 Å². The summed E-state index contributed by atoms with van der Waals surface area (Å²) in [5.74, 6) is 1.49. The molecule has 1 aromatic carbocycles. The second-order valence-corrected chi connectivity index (χ2v) is 5.19. The van der Waals surface area contributed by atoms with E-state index < -0.39 is 0 Å². The molecule has 2 N–H and O–H groups in total. The van der Waals surface area contributed by atoms with Crippen LogP contribution in [0.25, 0.3) is 0 Å². The first-order chi connectivity index (χ1) is 11.3. The predicted octanol–water partition coefficient (Wildman–Crippen LogP) is 2.24. The predicted molar refractivity (Wildman–Crippen MR) is 85.4 cm³/mol. The summed E-state index contributed by atoms with van der Waals surface area (Å²) in [7, 11) is 0. The topological polar surface area (TPSA) is 72.5 Å². The van der Waals surface area contributed by atoms with Gasteiger partial charge in [-0.1, -0.05) is 12.1 Å². The van der Waals surface area contributed by atoms with E-state index in [4.69, 9.17) is 9.47 Å². The fourth-order valence-corrected chi connectivity index (χ4v) is 2.24. The van der Waals surface area contributed by atoms with E-state index in [1.807, 2.05) is 36.4 Å². The molecular weight excluding hydrogens is 294 g/mol. The molecule has 1 aliphatic rings. The maximum atomic E-state index is 11.8. The number of fused-ring (bicyclic) bond motifs is 1. The monoisotopic (exact) mass is 313 g/mol. The van der Waals surface area contributed by atoms with E-state index >= 15 is 0 Å². The Morgan fingerprint density at radius 2 is 1.87 bits per heavy atom. The number of amides is 2. The summed E-state index contributed by atoms with van der Waals surface area (Å²) in [6.07, 6.45) is 2.57. The average Bonchev–Trinajstić information content (AvgIpc) is 2.84. The van der Waals surface area contributed by atoms with Crippen LogP contribution in [0.4, 0.5) is 4.79 Å². The third kappa shape index (κ3) is 4.35. The van der Waals surface area contributed by atoms with Crippen LogP contribution in [-0.2, 0) is 13.1 Å². The molecule has 6 nitrogen and oxygen atoms in total. The number of carbonyl (C=O) groups excluding carboxylic acids is 1. The van der Waals surface area contributed by atoms with Gasteiger partial charge in [0, 0.05) is 19.2 Å². The molecule has 0 spiro atoms. The molecule has 3 rings (SSSR count). The number of nitrogens with zero attached hydrogens (tertiary/aromatic N) is 1. The van der Waals surface area contributed by atoms with E-state index in [-0.39, 0.29) is 6.03 Å². The third-order valence-corrected chi connectivity index (χ3v) is 3.42. The number of carbonyl (C=O) groups is 1. The Hall–Kier alpha value is -2.76. The highest BCUT2D eigenvalue weighted by Crippen LogP contribution is 2.30. The van der Waals surface area contributed by atoms with E-state index in [0.29, 0.717) is 26.3 Å². The summed E-state index contributed by atoms with van der Waals surface area (Å²) < 4.78 is 11.2. The van der Waals surface area contributed by atoms with Crippen molar-refractivity contribution in [3.63, 3.8) is 0 Å². The molecule has 120 valence electrons. The van der Waals surface area contributed by atoms with Crippen LogP contribution < -0.4 is 20.1 Å². The van der Waals surface area contributed by atoms with Crippen molar-refractivity contribution in [1.29, 1.82) is 0 Å². The Morgan fingerprint density at radius 1 is 1.04 bits per heavy atom. The highest BCUT2D eigenvalue weighted by atomic mass is 16.5. The molecule has 2 amide bonds. The van der Waals surface area contributed by atoms with Crippen molar-refractivity contribution in [3.8, 4) is 11.5 Å². The first kappa shape index (κ1) is 15.1. The van der Waals surface area contributed by atoms with Crippen LogP contribution >= 0.6 is 0 Å². The Labute approximate surface area is 134 Å². The lowest BCUT2D eigenvalue weighted by Gasteiger charge is -2.11. The molecule has 0 aliphatic carbocycles. The van der Waals surface area contributed by atoms with Gasteiger partial charge in [-0.3, -0.25) is 4.98 Å². The van der Waals surface area contributed by atoms with Crippen molar-refractivity contribution in [2.24, 2.45) is 0 Å². The number of nitrogens with one attached hydrogen (secondary N) is 2. The number of pyridine rings is 1. The Morgan fingerprint density at radius 3 is 2.70 bits per heavy atom. The fourth-order valence-electron chi connectivity index (χ4n) is 2.24. The first-order valence-corrected chi connectivity index (χ1v) is 7.61. The minimum atomic E-state index is -0.234. The Kier molecular flexibility index (Phi) is 4.93. The van der Waals surface area contributed by atoms with Gasteiger partial charge in [-0.05, 0) is 29.8 Å². The van der Waals surface area contributed by atoms with Gasteiger partial charge in [0.25, 0.3) is 0 Å². The molecule has 2 heterocycles. The Balaban J connectivity index is 1.50.